The molecule has 1 aromatic carbocycles. The van der Waals surface area contributed by atoms with Crippen LogP contribution in [0.4, 0.5) is 0 Å². The highest BCUT2D eigenvalue weighted by molar-refractivity contribution is 5.92. The molecule has 0 fully saturated rings. The summed E-state index contributed by atoms with van der Waals surface area (Å²) in [5, 5.41) is 9.03. The van der Waals surface area contributed by atoms with E-state index in [0.29, 0.717) is 11.5 Å². The molecule has 4 rings (SSSR count). The predicted octanol–water partition coefficient (Wildman–Crippen LogP) is 5.35. The fourth-order valence-electron chi connectivity index (χ4n) is 3.85. The third-order valence-electron chi connectivity index (χ3n) is 5.35. The molecule has 3 heteroatoms. The van der Waals surface area contributed by atoms with Gasteiger partial charge in [0, 0.05) is 17.4 Å². The van der Waals surface area contributed by atoms with Crippen LogP contribution in [-0.2, 0) is 4.74 Å². The maximum atomic E-state index is 9.03. The highest BCUT2D eigenvalue weighted by Crippen LogP contribution is 2.41. The van der Waals surface area contributed by atoms with Gasteiger partial charge < -0.3 is 4.74 Å². The van der Waals surface area contributed by atoms with E-state index in [0.717, 1.165) is 41.0 Å². The Kier molecular flexibility index (Phi) is 4.64. The molecule has 2 atom stereocenters. The van der Waals surface area contributed by atoms with Gasteiger partial charge in [-0.2, -0.15) is 5.26 Å². The smallest absolute Gasteiger partial charge is 0.114 e. The molecule has 0 N–H and O–H groups in total. The lowest BCUT2D eigenvalue weighted by atomic mass is 9.82. The van der Waals surface area contributed by atoms with Crippen molar-refractivity contribution in [2.75, 3.05) is 7.11 Å². The van der Waals surface area contributed by atoms with Crippen molar-refractivity contribution < 1.29 is 4.74 Å². The first-order valence-electron chi connectivity index (χ1n) is 9.33. The maximum Gasteiger partial charge on any atom is 0.114 e. The van der Waals surface area contributed by atoms with Gasteiger partial charge >= 0.3 is 0 Å². The van der Waals surface area contributed by atoms with Crippen LogP contribution in [-0.4, -0.2) is 13.3 Å². The molecule has 0 saturated carbocycles. The zero-order valence-corrected chi connectivity index (χ0v) is 15.6. The number of allylic oxidation sites excluding steroid dienone is 8. The lowest BCUT2D eigenvalue weighted by molar-refractivity contribution is 0.249. The van der Waals surface area contributed by atoms with E-state index in [1.165, 1.54) is 5.57 Å². The molecule has 0 spiro atoms. The van der Waals surface area contributed by atoms with Gasteiger partial charge in [-0.05, 0) is 42.0 Å². The molecule has 0 amide bonds. The summed E-state index contributed by atoms with van der Waals surface area (Å²) < 4.78 is 5.88. The summed E-state index contributed by atoms with van der Waals surface area (Å²) in [5.74, 6) is 1.69. The average Bonchev–Trinajstić information content (AvgIpc) is 2.73. The summed E-state index contributed by atoms with van der Waals surface area (Å²) in [6.07, 6.45) is 14.9. The van der Waals surface area contributed by atoms with E-state index < -0.39 is 0 Å². The normalized spacial score (nSPS) is 23.8. The Labute approximate surface area is 160 Å². The molecule has 0 aromatic heterocycles. The van der Waals surface area contributed by atoms with Crippen molar-refractivity contribution >= 4 is 11.8 Å². The van der Waals surface area contributed by atoms with Crippen LogP contribution in [0.25, 0.3) is 5.57 Å². The van der Waals surface area contributed by atoms with Crippen molar-refractivity contribution in [3.8, 4) is 6.07 Å². The van der Waals surface area contributed by atoms with Crippen molar-refractivity contribution in [3.63, 3.8) is 0 Å². The van der Waals surface area contributed by atoms with E-state index >= 15 is 0 Å². The summed E-state index contributed by atoms with van der Waals surface area (Å²) in [7, 11) is 1.75. The number of methoxy groups -OCH3 is 1. The molecule has 0 saturated heterocycles. The third-order valence-corrected chi connectivity index (χ3v) is 5.35. The Bertz CT molecular complexity index is 978. The number of benzene rings is 1. The van der Waals surface area contributed by atoms with E-state index in [9.17, 15) is 0 Å². The lowest BCUT2D eigenvalue weighted by Gasteiger charge is -2.29. The molecule has 3 nitrogen and oxygen atoms in total. The van der Waals surface area contributed by atoms with E-state index in [4.69, 9.17) is 15.0 Å². The van der Waals surface area contributed by atoms with Crippen LogP contribution < -0.4 is 0 Å². The van der Waals surface area contributed by atoms with Gasteiger partial charge in [0.1, 0.15) is 5.76 Å². The number of hydrogen-bond acceptors (Lipinski definition) is 3. The number of hydrogen-bond donors (Lipinski definition) is 0. The summed E-state index contributed by atoms with van der Waals surface area (Å²) in [6, 6.07) is 9.85. The van der Waals surface area contributed by atoms with Gasteiger partial charge in [-0.1, -0.05) is 49.4 Å². The van der Waals surface area contributed by atoms with Crippen molar-refractivity contribution in [2.24, 2.45) is 16.8 Å². The Morgan fingerprint density at radius 2 is 1.93 bits per heavy atom. The summed E-state index contributed by atoms with van der Waals surface area (Å²) >= 11 is 0. The first-order valence-corrected chi connectivity index (χ1v) is 9.33. The average molecular weight is 354 g/mol. The quantitative estimate of drug-likeness (QED) is 0.734. The number of dihydropyridines is 1. The van der Waals surface area contributed by atoms with Gasteiger partial charge in [0.2, 0.25) is 0 Å². The largest absolute Gasteiger partial charge is 0.500 e. The standard InChI is InChI=1S/C24H22N2O/c1-16-6-10-19(11-7-16)22-15-26-23-20(4-3-5-21(23)24(22)27-2)18-12-8-17(14-25)9-13-18/h3-4,6,8-13,15-16,21H,5,7H2,1-2H3. The van der Waals surface area contributed by atoms with Crippen LogP contribution in [0.2, 0.25) is 0 Å². The topological polar surface area (TPSA) is 45.4 Å². The lowest BCUT2D eigenvalue weighted by Crippen LogP contribution is -2.19. The molecular formula is C24H22N2O. The van der Waals surface area contributed by atoms with Crippen LogP contribution >= 0.6 is 0 Å². The zero-order chi connectivity index (χ0) is 18.8. The Morgan fingerprint density at radius 3 is 2.59 bits per heavy atom. The summed E-state index contributed by atoms with van der Waals surface area (Å²) in [6.45, 7) is 2.22. The van der Waals surface area contributed by atoms with Crippen LogP contribution in [0.3, 0.4) is 0 Å². The second-order valence-electron chi connectivity index (χ2n) is 7.15. The number of fused-ring (bicyclic) bond motifs is 1. The van der Waals surface area contributed by atoms with Gasteiger partial charge in [-0.25, -0.2) is 0 Å². The Morgan fingerprint density at radius 1 is 1.11 bits per heavy atom. The van der Waals surface area contributed by atoms with Gasteiger partial charge in [0.15, 0.2) is 0 Å². The monoisotopic (exact) mass is 354 g/mol. The molecule has 1 heterocycles. The third kappa shape index (κ3) is 3.19. The van der Waals surface area contributed by atoms with Gasteiger partial charge in [-0.3, -0.25) is 4.99 Å². The van der Waals surface area contributed by atoms with Crippen LogP contribution in [0.1, 0.15) is 30.9 Å². The van der Waals surface area contributed by atoms with E-state index in [1.54, 1.807) is 7.11 Å². The number of ether oxygens (including phenoxy) is 1. The number of aliphatic imine (C=N–C) groups is 1. The van der Waals surface area contributed by atoms with Crippen LogP contribution in [0.5, 0.6) is 0 Å². The van der Waals surface area contributed by atoms with E-state index in [1.807, 2.05) is 30.5 Å². The van der Waals surface area contributed by atoms with Crippen molar-refractivity contribution in [2.45, 2.75) is 19.8 Å². The van der Waals surface area contributed by atoms with Crippen molar-refractivity contribution in [1.29, 1.82) is 5.26 Å². The Hall–Kier alpha value is -3.12. The molecular weight excluding hydrogens is 332 g/mol. The Balaban J connectivity index is 1.75. The fraction of sp³-hybridized carbons (Fsp3) is 0.250. The second-order valence-corrected chi connectivity index (χ2v) is 7.15. The minimum Gasteiger partial charge on any atom is -0.500 e. The van der Waals surface area contributed by atoms with Gasteiger partial charge in [0.05, 0.1) is 30.4 Å². The SMILES string of the molecule is COC1=C(C2=CCC(C)C=C2)C=NC2=C(c3ccc(C#N)cc3)C=CCC21. The molecule has 27 heavy (non-hydrogen) atoms. The molecule has 3 aliphatic rings. The molecule has 0 radical (unpaired) electrons. The summed E-state index contributed by atoms with van der Waals surface area (Å²) in [5.41, 5.74) is 6.16. The molecule has 134 valence electrons. The number of rotatable bonds is 3. The minimum atomic E-state index is 0.124. The highest BCUT2D eigenvalue weighted by Gasteiger charge is 2.30. The molecule has 2 aliphatic carbocycles. The van der Waals surface area contributed by atoms with Gasteiger partial charge in [-0.15, -0.1) is 0 Å². The molecule has 0 bridgehead atoms. The summed E-state index contributed by atoms with van der Waals surface area (Å²) in [4.78, 5) is 4.85. The number of nitrogens with zero attached hydrogens (tertiary/aromatic N) is 2. The van der Waals surface area contributed by atoms with Gasteiger partial charge in [0.25, 0.3) is 0 Å². The first-order chi connectivity index (χ1) is 13.2. The zero-order valence-electron chi connectivity index (χ0n) is 15.6. The number of nitriles is 1. The first kappa shape index (κ1) is 17.3. The minimum absolute atomic E-state index is 0.124. The van der Waals surface area contributed by atoms with Crippen molar-refractivity contribution in [1.82, 2.24) is 0 Å². The van der Waals surface area contributed by atoms with E-state index in [2.05, 4.69) is 43.4 Å². The molecule has 2 unspecified atom stereocenters. The highest BCUT2D eigenvalue weighted by atomic mass is 16.5. The maximum absolute atomic E-state index is 9.03. The predicted molar refractivity (Wildman–Crippen MR) is 109 cm³/mol. The molecule has 1 aromatic rings. The van der Waals surface area contributed by atoms with Crippen molar-refractivity contribution in [3.05, 3.63) is 88.4 Å². The second kappa shape index (κ2) is 7.25. The van der Waals surface area contributed by atoms with Crippen LogP contribution in [0.15, 0.2) is 82.2 Å². The van der Waals surface area contributed by atoms with Crippen LogP contribution in [0, 0.1) is 23.2 Å². The van der Waals surface area contributed by atoms with E-state index in [-0.39, 0.29) is 5.92 Å². The fourth-order valence-corrected chi connectivity index (χ4v) is 3.85. The molecule has 1 aliphatic heterocycles.